The van der Waals surface area contributed by atoms with Crippen molar-refractivity contribution in [2.24, 2.45) is 17.3 Å². The van der Waals surface area contributed by atoms with E-state index in [1.54, 1.807) is 6.92 Å². The van der Waals surface area contributed by atoms with Crippen LogP contribution >= 0.6 is 0 Å². The molecule has 2 aliphatic rings. The summed E-state index contributed by atoms with van der Waals surface area (Å²) < 4.78 is 0. The summed E-state index contributed by atoms with van der Waals surface area (Å²) in [5.74, 6) is 0.671. The Kier molecular flexibility index (Phi) is 3.41. The summed E-state index contributed by atoms with van der Waals surface area (Å²) in [5.41, 5.74) is 0.252. The second kappa shape index (κ2) is 4.46. The first-order chi connectivity index (χ1) is 8.29. The van der Waals surface area contributed by atoms with Crippen molar-refractivity contribution in [1.82, 2.24) is 0 Å². The monoisotopic (exact) mass is 252 g/mol. The summed E-state index contributed by atoms with van der Waals surface area (Å²) >= 11 is 0. The van der Waals surface area contributed by atoms with Crippen LogP contribution in [0, 0.1) is 17.3 Å². The normalized spacial score (nSPS) is 39.8. The van der Waals surface area contributed by atoms with Crippen molar-refractivity contribution in [3.8, 4) is 0 Å². The summed E-state index contributed by atoms with van der Waals surface area (Å²) in [7, 11) is 0. The van der Waals surface area contributed by atoms with Crippen molar-refractivity contribution in [1.29, 1.82) is 0 Å². The van der Waals surface area contributed by atoms with Crippen LogP contribution in [0.15, 0.2) is 11.6 Å². The van der Waals surface area contributed by atoms with Crippen LogP contribution in [0.2, 0.25) is 0 Å². The molecular formula is C15H24O3. The lowest BCUT2D eigenvalue weighted by molar-refractivity contribution is -0.118. The van der Waals surface area contributed by atoms with Crippen molar-refractivity contribution in [2.45, 2.75) is 52.1 Å². The Labute approximate surface area is 109 Å². The quantitative estimate of drug-likeness (QED) is 0.791. The van der Waals surface area contributed by atoms with Gasteiger partial charge in [-0.3, -0.25) is 4.79 Å². The molecule has 0 aliphatic heterocycles. The molecule has 0 heterocycles. The van der Waals surface area contributed by atoms with Gasteiger partial charge in [0, 0.05) is 6.42 Å². The number of hydrogen-bond acceptors (Lipinski definition) is 3. The summed E-state index contributed by atoms with van der Waals surface area (Å²) in [6.07, 6.45) is 5.01. The van der Waals surface area contributed by atoms with E-state index in [0.717, 1.165) is 19.3 Å². The zero-order valence-corrected chi connectivity index (χ0v) is 11.6. The van der Waals surface area contributed by atoms with Crippen LogP contribution in [0.5, 0.6) is 0 Å². The minimum Gasteiger partial charge on any atom is -0.393 e. The maximum Gasteiger partial charge on any atom is 0.155 e. The maximum absolute atomic E-state index is 11.6. The van der Waals surface area contributed by atoms with Gasteiger partial charge in [0.15, 0.2) is 5.78 Å². The minimum absolute atomic E-state index is 0.00991. The van der Waals surface area contributed by atoms with E-state index < -0.39 is 5.60 Å². The van der Waals surface area contributed by atoms with E-state index in [-0.39, 0.29) is 23.7 Å². The van der Waals surface area contributed by atoms with E-state index >= 15 is 0 Å². The molecule has 2 aliphatic carbocycles. The van der Waals surface area contributed by atoms with E-state index in [9.17, 15) is 15.0 Å². The number of fused-ring (bicyclic) bond motifs is 1. The highest BCUT2D eigenvalue weighted by Crippen LogP contribution is 2.53. The topological polar surface area (TPSA) is 57.5 Å². The first-order valence-electron chi connectivity index (χ1n) is 6.86. The smallest absolute Gasteiger partial charge is 0.155 e. The summed E-state index contributed by atoms with van der Waals surface area (Å²) in [4.78, 5) is 11.6. The fourth-order valence-corrected chi connectivity index (χ4v) is 3.56. The number of hydrogen-bond donors (Lipinski definition) is 2. The van der Waals surface area contributed by atoms with E-state index in [2.05, 4.69) is 13.8 Å². The van der Waals surface area contributed by atoms with Gasteiger partial charge in [-0.15, -0.1) is 0 Å². The number of ketones is 1. The van der Waals surface area contributed by atoms with Gasteiger partial charge in [-0.05, 0) is 49.5 Å². The Bertz CT molecular complexity index is 383. The molecule has 0 aromatic heterocycles. The fraction of sp³-hybridized carbons (Fsp3) is 0.800. The number of carbonyl (C=O) groups is 1. The fourth-order valence-electron chi connectivity index (χ4n) is 3.56. The van der Waals surface area contributed by atoms with E-state index in [1.165, 1.54) is 5.57 Å². The van der Waals surface area contributed by atoms with E-state index in [4.69, 9.17) is 0 Å². The lowest BCUT2D eigenvalue weighted by atomic mass is 9.56. The van der Waals surface area contributed by atoms with Gasteiger partial charge >= 0.3 is 0 Å². The summed E-state index contributed by atoms with van der Waals surface area (Å²) in [6.45, 7) is 5.85. The number of carbonyl (C=O) groups excluding carboxylic acids is 1. The molecule has 0 bridgehead atoms. The minimum atomic E-state index is -1.00. The molecule has 4 atom stereocenters. The van der Waals surface area contributed by atoms with Crippen LogP contribution in [0.1, 0.15) is 46.5 Å². The van der Waals surface area contributed by atoms with Crippen LogP contribution in [0.3, 0.4) is 0 Å². The van der Waals surface area contributed by atoms with Crippen molar-refractivity contribution in [3.05, 3.63) is 11.6 Å². The zero-order valence-electron chi connectivity index (χ0n) is 11.6. The third-order valence-electron chi connectivity index (χ3n) is 5.30. The molecule has 0 saturated heterocycles. The maximum atomic E-state index is 11.6. The SMILES string of the molecule is C[C@@H]1CC(=O)C=C2CC[C@@H](C(C)(O)CO)C[C@]21C. The van der Waals surface area contributed by atoms with E-state index in [0.29, 0.717) is 12.3 Å². The molecular weight excluding hydrogens is 228 g/mol. The standard InChI is InChI=1S/C15H24O3/c1-10-6-13(17)7-11-4-5-12(8-14(10,11)2)15(3,18)9-16/h7,10,12,16,18H,4-6,8-9H2,1-3H3/t10-,12-,14+,15?/m1/s1. The molecule has 0 aromatic rings. The van der Waals surface area contributed by atoms with Crippen LogP contribution in [0.25, 0.3) is 0 Å². The van der Waals surface area contributed by atoms with Gasteiger partial charge in [0.2, 0.25) is 0 Å². The predicted molar refractivity (Wildman–Crippen MR) is 70.0 cm³/mol. The van der Waals surface area contributed by atoms with Gasteiger partial charge in [0.25, 0.3) is 0 Å². The average Bonchev–Trinajstić information content (AvgIpc) is 2.30. The Morgan fingerprint density at radius 3 is 2.83 bits per heavy atom. The highest BCUT2D eigenvalue weighted by atomic mass is 16.3. The Balaban J connectivity index is 2.26. The lowest BCUT2D eigenvalue weighted by Gasteiger charge is -2.49. The Morgan fingerprint density at radius 2 is 2.22 bits per heavy atom. The first kappa shape index (κ1) is 13.8. The van der Waals surface area contributed by atoms with Gasteiger partial charge in [0.05, 0.1) is 12.2 Å². The third-order valence-corrected chi connectivity index (χ3v) is 5.30. The summed E-state index contributed by atoms with van der Waals surface area (Å²) in [6, 6.07) is 0. The van der Waals surface area contributed by atoms with Crippen LogP contribution in [-0.2, 0) is 4.79 Å². The molecule has 1 saturated carbocycles. The van der Waals surface area contributed by atoms with Crippen LogP contribution < -0.4 is 0 Å². The predicted octanol–water partition coefficient (Wildman–Crippen LogP) is 2.07. The van der Waals surface area contributed by atoms with Crippen LogP contribution in [0.4, 0.5) is 0 Å². The zero-order chi connectivity index (χ0) is 13.6. The largest absolute Gasteiger partial charge is 0.393 e. The lowest BCUT2D eigenvalue weighted by Crippen LogP contribution is -2.47. The van der Waals surface area contributed by atoms with E-state index in [1.807, 2.05) is 6.08 Å². The van der Waals surface area contributed by atoms with Gasteiger partial charge < -0.3 is 10.2 Å². The molecule has 2 N–H and O–H groups in total. The molecule has 102 valence electrons. The second-order valence-corrected chi connectivity index (χ2v) is 6.61. The third kappa shape index (κ3) is 2.14. The molecule has 0 spiro atoms. The highest BCUT2D eigenvalue weighted by molar-refractivity contribution is 5.92. The highest BCUT2D eigenvalue weighted by Gasteiger charge is 2.47. The summed E-state index contributed by atoms with van der Waals surface area (Å²) in [5, 5.41) is 19.6. The molecule has 0 radical (unpaired) electrons. The van der Waals surface area contributed by atoms with Crippen molar-refractivity contribution in [3.63, 3.8) is 0 Å². The molecule has 1 unspecified atom stereocenters. The first-order valence-corrected chi connectivity index (χ1v) is 6.86. The molecule has 0 aromatic carbocycles. The number of allylic oxidation sites excluding steroid dienone is 2. The molecule has 0 amide bonds. The van der Waals surface area contributed by atoms with Gasteiger partial charge in [0.1, 0.15) is 0 Å². The second-order valence-electron chi connectivity index (χ2n) is 6.61. The molecule has 3 nitrogen and oxygen atoms in total. The van der Waals surface area contributed by atoms with Gasteiger partial charge in [-0.25, -0.2) is 0 Å². The Morgan fingerprint density at radius 1 is 1.56 bits per heavy atom. The number of aliphatic hydroxyl groups excluding tert-OH is 1. The average molecular weight is 252 g/mol. The van der Waals surface area contributed by atoms with Crippen LogP contribution in [-0.4, -0.2) is 28.2 Å². The van der Waals surface area contributed by atoms with Gasteiger partial charge in [-0.2, -0.15) is 0 Å². The van der Waals surface area contributed by atoms with Crippen molar-refractivity contribution < 1.29 is 15.0 Å². The van der Waals surface area contributed by atoms with Crippen molar-refractivity contribution in [2.75, 3.05) is 6.61 Å². The number of aliphatic hydroxyl groups is 2. The Hall–Kier alpha value is -0.670. The molecule has 18 heavy (non-hydrogen) atoms. The van der Waals surface area contributed by atoms with Gasteiger partial charge in [-0.1, -0.05) is 19.4 Å². The molecule has 2 rings (SSSR count). The molecule has 1 fully saturated rings. The van der Waals surface area contributed by atoms with Crippen molar-refractivity contribution >= 4 is 5.78 Å². The number of rotatable bonds is 2. The molecule has 3 heteroatoms.